The highest BCUT2D eigenvalue weighted by Gasteiger charge is 2.32. The third-order valence-corrected chi connectivity index (χ3v) is 7.37. The summed E-state index contributed by atoms with van der Waals surface area (Å²) in [7, 11) is 0. The molecule has 1 amide bonds. The van der Waals surface area contributed by atoms with Crippen LogP contribution >= 0.6 is 23.4 Å². The number of halogens is 1. The lowest BCUT2D eigenvalue weighted by Crippen LogP contribution is -2.47. The summed E-state index contributed by atoms with van der Waals surface area (Å²) in [4.78, 5) is 12.8. The molecule has 9 heteroatoms. The first-order valence-electron chi connectivity index (χ1n) is 11.7. The molecule has 0 radical (unpaired) electrons. The fourth-order valence-electron chi connectivity index (χ4n) is 4.26. The van der Waals surface area contributed by atoms with Crippen molar-refractivity contribution in [1.82, 2.24) is 20.1 Å². The zero-order valence-electron chi connectivity index (χ0n) is 19.3. The molecule has 1 saturated carbocycles. The van der Waals surface area contributed by atoms with E-state index in [9.17, 15) is 10.1 Å². The molecule has 1 aromatic heterocycles. The number of hydrogen-bond acceptors (Lipinski definition) is 6. The van der Waals surface area contributed by atoms with Crippen LogP contribution < -0.4 is 10.1 Å². The van der Waals surface area contributed by atoms with Crippen molar-refractivity contribution in [3.63, 3.8) is 0 Å². The summed E-state index contributed by atoms with van der Waals surface area (Å²) < 4.78 is 7.97. The molecule has 0 bridgehead atoms. The lowest BCUT2D eigenvalue weighted by molar-refractivity contribution is -0.120. The van der Waals surface area contributed by atoms with Crippen molar-refractivity contribution in [2.75, 3.05) is 5.75 Å². The molecule has 1 N–H and O–H groups in total. The third-order valence-electron chi connectivity index (χ3n) is 6.12. The molecule has 1 fully saturated rings. The Balaban J connectivity index is 1.69. The van der Waals surface area contributed by atoms with Gasteiger partial charge in [0.2, 0.25) is 5.91 Å². The minimum absolute atomic E-state index is 0.142. The summed E-state index contributed by atoms with van der Waals surface area (Å²) in [6, 6.07) is 9.90. The van der Waals surface area contributed by atoms with Crippen molar-refractivity contribution in [3.8, 4) is 11.8 Å². The lowest BCUT2D eigenvalue weighted by Gasteiger charge is -2.26. The van der Waals surface area contributed by atoms with Crippen LogP contribution in [0.2, 0.25) is 5.02 Å². The normalized spacial score (nSPS) is 15.6. The molecular formula is C24H32ClN5O2S. The molecule has 1 heterocycles. The topological polar surface area (TPSA) is 92.8 Å². The van der Waals surface area contributed by atoms with Crippen molar-refractivity contribution in [2.24, 2.45) is 0 Å². The van der Waals surface area contributed by atoms with E-state index in [1.165, 1.54) is 11.8 Å². The summed E-state index contributed by atoms with van der Waals surface area (Å²) >= 11 is 7.56. The van der Waals surface area contributed by atoms with Gasteiger partial charge in [-0.2, -0.15) is 5.26 Å². The van der Waals surface area contributed by atoms with Crippen molar-refractivity contribution in [3.05, 3.63) is 35.1 Å². The highest BCUT2D eigenvalue weighted by Crippen LogP contribution is 2.30. The second-order valence-electron chi connectivity index (χ2n) is 8.40. The average Bonchev–Trinajstić information content (AvgIpc) is 3.07. The molecule has 3 rings (SSSR count). The van der Waals surface area contributed by atoms with Gasteiger partial charge in [0.25, 0.3) is 0 Å². The van der Waals surface area contributed by atoms with Gasteiger partial charge >= 0.3 is 0 Å². The number of rotatable bonds is 10. The van der Waals surface area contributed by atoms with Crippen molar-refractivity contribution in [1.29, 1.82) is 5.26 Å². The van der Waals surface area contributed by atoms with E-state index in [2.05, 4.69) is 40.0 Å². The zero-order valence-corrected chi connectivity index (χ0v) is 20.9. The molecule has 0 atom stereocenters. The van der Waals surface area contributed by atoms with Crippen LogP contribution in [0.3, 0.4) is 0 Å². The number of nitrogens with one attached hydrogen (secondary N) is 1. The highest BCUT2D eigenvalue weighted by molar-refractivity contribution is 7.99. The van der Waals surface area contributed by atoms with E-state index in [0.717, 1.165) is 38.5 Å². The Morgan fingerprint density at radius 2 is 1.94 bits per heavy atom. The molecule has 7 nitrogen and oxygen atoms in total. The quantitative estimate of drug-likeness (QED) is 0.340. The standard InChI is InChI=1S/C24H32ClN5O2S/c1-3-18(4-2)30-21(15-32-20-12-8-7-11-19(20)25)28-29-23(30)33-16-22(31)27-24(17-26)13-9-5-6-10-14-24/h7-8,11-12,18H,3-6,9-10,13-16H2,1-2H3,(H,27,31). The smallest absolute Gasteiger partial charge is 0.231 e. The maximum Gasteiger partial charge on any atom is 0.231 e. The van der Waals surface area contributed by atoms with Gasteiger partial charge in [0.05, 0.1) is 16.8 Å². The predicted molar refractivity (Wildman–Crippen MR) is 130 cm³/mol. The van der Waals surface area contributed by atoms with Crippen molar-refractivity contribution >= 4 is 29.3 Å². The van der Waals surface area contributed by atoms with Gasteiger partial charge in [0, 0.05) is 6.04 Å². The number of ether oxygens (including phenoxy) is 1. The maximum atomic E-state index is 12.8. The molecule has 2 aromatic rings. The molecule has 0 unspecified atom stereocenters. The second kappa shape index (κ2) is 12.3. The zero-order chi connectivity index (χ0) is 23.7. The van der Waals surface area contributed by atoms with Crippen LogP contribution in [0.1, 0.15) is 77.1 Å². The number of nitriles is 1. The predicted octanol–water partition coefficient (Wildman–Crippen LogP) is 5.70. The second-order valence-corrected chi connectivity index (χ2v) is 9.75. The third kappa shape index (κ3) is 6.64. The van der Waals surface area contributed by atoms with Crippen LogP contribution in [-0.2, 0) is 11.4 Å². The first-order chi connectivity index (χ1) is 16.0. The molecule has 0 spiro atoms. The maximum absolute atomic E-state index is 12.8. The lowest BCUT2D eigenvalue weighted by atomic mass is 9.92. The van der Waals surface area contributed by atoms with E-state index in [4.69, 9.17) is 16.3 Å². The Morgan fingerprint density at radius 3 is 2.58 bits per heavy atom. The van der Waals surface area contributed by atoms with Crippen LogP contribution in [0.5, 0.6) is 5.75 Å². The number of carbonyl (C=O) groups is 1. The van der Waals surface area contributed by atoms with Gasteiger partial charge in [-0.25, -0.2) is 0 Å². The fraction of sp³-hybridized carbons (Fsp3) is 0.583. The molecule has 0 saturated heterocycles. The summed E-state index contributed by atoms with van der Waals surface area (Å²) in [5.41, 5.74) is -0.745. The number of hydrogen-bond donors (Lipinski definition) is 1. The summed E-state index contributed by atoms with van der Waals surface area (Å²) in [6.45, 7) is 4.48. The van der Waals surface area contributed by atoms with Crippen molar-refractivity contribution < 1.29 is 9.53 Å². The minimum atomic E-state index is -0.745. The molecule has 1 aromatic carbocycles. The number of nitrogens with zero attached hydrogens (tertiary/aromatic N) is 4. The summed E-state index contributed by atoms with van der Waals surface area (Å²) in [6.07, 6.45) is 7.42. The highest BCUT2D eigenvalue weighted by atomic mass is 35.5. The molecule has 1 aliphatic carbocycles. The van der Waals surface area contributed by atoms with Crippen LogP contribution in [0.4, 0.5) is 0 Å². The number of aromatic nitrogens is 3. The Hall–Kier alpha value is -2.24. The van der Waals surface area contributed by atoms with E-state index < -0.39 is 5.54 Å². The van der Waals surface area contributed by atoms with Crippen LogP contribution in [0.25, 0.3) is 0 Å². The molecule has 1 aliphatic rings. The molecule has 33 heavy (non-hydrogen) atoms. The van der Waals surface area contributed by atoms with E-state index in [-0.39, 0.29) is 24.3 Å². The van der Waals surface area contributed by atoms with E-state index >= 15 is 0 Å². The van der Waals surface area contributed by atoms with Gasteiger partial charge in [-0.05, 0) is 37.8 Å². The summed E-state index contributed by atoms with van der Waals surface area (Å²) in [5.74, 6) is 1.34. The average molecular weight is 490 g/mol. The van der Waals surface area contributed by atoms with Gasteiger partial charge < -0.3 is 14.6 Å². The van der Waals surface area contributed by atoms with E-state index in [1.807, 2.05) is 18.2 Å². The number of para-hydroxylation sites is 1. The first kappa shape index (κ1) is 25.4. The van der Waals surface area contributed by atoms with Gasteiger partial charge in [-0.3, -0.25) is 4.79 Å². The Kier molecular flexibility index (Phi) is 9.45. The Bertz CT molecular complexity index is 962. The fourth-order valence-corrected chi connectivity index (χ4v) is 5.27. The summed E-state index contributed by atoms with van der Waals surface area (Å²) in [5, 5.41) is 22.7. The SMILES string of the molecule is CCC(CC)n1c(COc2ccccc2Cl)nnc1SCC(=O)NC1(C#N)CCCCCC1. The number of benzene rings is 1. The number of thioether (sulfide) groups is 1. The van der Waals surface area contributed by atoms with Gasteiger partial charge in [0.15, 0.2) is 11.0 Å². The largest absolute Gasteiger partial charge is 0.484 e. The minimum Gasteiger partial charge on any atom is -0.484 e. The van der Waals surface area contributed by atoms with Gasteiger partial charge in [-0.15, -0.1) is 10.2 Å². The molecule has 0 aliphatic heterocycles. The molecular weight excluding hydrogens is 458 g/mol. The van der Waals surface area contributed by atoms with E-state index in [0.29, 0.717) is 34.6 Å². The number of amides is 1. The monoisotopic (exact) mass is 489 g/mol. The Morgan fingerprint density at radius 1 is 1.24 bits per heavy atom. The Labute approximate surface area is 205 Å². The van der Waals surface area contributed by atoms with Crippen LogP contribution in [0, 0.1) is 11.3 Å². The van der Waals surface area contributed by atoms with Crippen LogP contribution in [0.15, 0.2) is 29.4 Å². The first-order valence-corrected chi connectivity index (χ1v) is 13.0. The number of carbonyl (C=O) groups excluding carboxylic acids is 1. The van der Waals surface area contributed by atoms with Gasteiger partial charge in [-0.1, -0.05) is 75.0 Å². The van der Waals surface area contributed by atoms with E-state index in [1.54, 1.807) is 6.07 Å². The molecule has 178 valence electrons. The van der Waals surface area contributed by atoms with Gasteiger partial charge in [0.1, 0.15) is 17.9 Å². The van der Waals surface area contributed by atoms with Crippen molar-refractivity contribution in [2.45, 2.75) is 88.6 Å². The van der Waals surface area contributed by atoms with Crippen LogP contribution in [-0.4, -0.2) is 32.0 Å².